The Kier molecular flexibility index (Phi) is 68.1. The Morgan fingerprint density at radius 3 is 0.744 bits per heavy atom. The second-order valence-electron chi connectivity index (χ2n) is 24.5. The van der Waals surface area contributed by atoms with Gasteiger partial charge in [0.25, 0.3) is 0 Å². The molecule has 6 nitrogen and oxygen atoms in total. The Labute approximate surface area is 510 Å². The molecule has 0 heterocycles. The standard InChI is InChI=1S/C76H138O6/c1-4-7-10-13-16-19-22-25-28-30-32-34-36-38-40-42-44-46-48-51-54-57-60-63-66-69-75(78)81-72-73(71-80-74(77)68-65-62-59-56-53-50-27-24-21-18-15-12-9-6-3)82-76(79)70-67-64-61-58-55-52-49-47-45-43-41-39-37-35-33-31-29-26-23-20-17-14-11-8-5-2/h7,10,16,19,25,28,32,34,38,40,73H,4-6,8-9,11-15,17-18,20-24,26-27,29-31,33,35-37,39,41-72H2,1-3H3/b10-7-,19-16-,28-25-,34-32-,40-38-. The van der Waals surface area contributed by atoms with Gasteiger partial charge in [0.15, 0.2) is 6.10 Å². The molecule has 0 amide bonds. The third-order valence-electron chi connectivity index (χ3n) is 16.3. The molecule has 0 aromatic rings. The van der Waals surface area contributed by atoms with Crippen molar-refractivity contribution in [3.8, 4) is 0 Å². The molecule has 0 aromatic heterocycles. The summed E-state index contributed by atoms with van der Waals surface area (Å²) in [5.41, 5.74) is 0. The van der Waals surface area contributed by atoms with Crippen LogP contribution in [0.1, 0.15) is 387 Å². The molecule has 0 N–H and O–H groups in total. The molecule has 1 unspecified atom stereocenters. The van der Waals surface area contributed by atoms with E-state index < -0.39 is 6.10 Å². The van der Waals surface area contributed by atoms with Crippen LogP contribution in [0.15, 0.2) is 60.8 Å². The number of hydrogen-bond acceptors (Lipinski definition) is 6. The number of unbranched alkanes of at least 4 members (excludes halogenated alkanes) is 46. The first-order valence-electron chi connectivity index (χ1n) is 36.3. The fourth-order valence-corrected chi connectivity index (χ4v) is 10.9. The highest BCUT2D eigenvalue weighted by molar-refractivity contribution is 5.71. The quantitative estimate of drug-likeness (QED) is 0.0261. The zero-order valence-electron chi connectivity index (χ0n) is 55.0. The van der Waals surface area contributed by atoms with Crippen LogP contribution >= 0.6 is 0 Å². The third kappa shape index (κ3) is 67.9. The minimum absolute atomic E-state index is 0.0701. The minimum atomic E-state index is -0.775. The highest BCUT2D eigenvalue weighted by Gasteiger charge is 2.19. The number of hydrogen-bond donors (Lipinski definition) is 0. The Hall–Kier alpha value is -2.89. The van der Waals surface area contributed by atoms with E-state index in [0.717, 1.165) is 96.3 Å². The number of esters is 3. The van der Waals surface area contributed by atoms with E-state index in [1.54, 1.807) is 0 Å². The fraction of sp³-hybridized carbons (Fsp3) is 0.829. The second-order valence-corrected chi connectivity index (χ2v) is 24.5. The number of carbonyl (C=O) groups excluding carboxylic acids is 3. The molecule has 82 heavy (non-hydrogen) atoms. The molecule has 0 bridgehead atoms. The van der Waals surface area contributed by atoms with Crippen molar-refractivity contribution in [2.24, 2.45) is 0 Å². The minimum Gasteiger partial charge on any atom is -0.462 e. The zero-order chi connectivity index (χ0) is 59.2. The predicted molar refractivity (Wildman–Crippen MR) is 358 cm³/mol. The van der Waals surface area contributed by atoms with Crippen LogP contribution < -0.4 is 0 Å². The van der Waals surface area contributed by atoms with Crippen LogP contribution in [-0.4, -0.2) is 37.2 Å². The van der Waals surface area contributed by atoms with Gasteiger partial charge in [0, 0.05) is 19.3 Å². The molecule has 0 saturated carbocycles. The molecule has 1 atom stereocenters. The molecule has 6 heteroatoms. The van der Waals surface area contributed by atoms with Gasteiger partial charge in [0.05, 0.1) is 0 Å². The summed E-state index contributed by atoms with van der Waals surface area (Å²) in [5, 5.41) is 0. The van der Waals surface area contributed by atoms with Crippen molar-refractivity contribution in [2.75, 3.05) is 13.2 Å². The predicted octanol–water partition coefficient (Wildman–Crippen LogP) is 25.1. The van der Waals surface area contributed by atoms with Crippen molar-refractivity contribution in [1.29, 1.82) is 0 Å². The average Bonchev–Trinajstić information content (AvgIpc) is 3.47. The molecule has 0 rings (SSSR count). The summed E-state index contributed by atoms with van der Waals surface area (Å²) < 4.78 is 17.0. The first kappa shape index (κ1) is 79.1. The van der Waals surface area contributed by atoms with E-state index >= 15 is 0 Å². The van der Waals surface area contributed by atoms with E-state index in [-0.39, 0.29) is 31.1 Å². The first-order valence-corrected chi connectivity index (χ1v) is 36.3. The fourth-order valence-electron chi connectivity index (χ4n) is 10.9. The molecule has 0 aliphatic carbocycles. The largest absolute Gasteiger partial charge is 0.462 e. The summed E-state index contributed by atoms with van der Waals surface area (Å²) in [4.78, 5) is 38.5. The first-order chi connectivity index (χ1) is 40.5. The summed E-state index contributed by atoms with van der Waals surface area (Å²) in [6, 6.07) is 0. The summed E-state index contributed by atoms with van der Waals surface area (Å²) in [6.07, 6.45) is 91.1. The van der Waals surface area contributed by atoms with Gasteiger partial charge in [-0.15, -0.1) is 0 Å². The van der Waals surface area contributed by atoms with Gasteiger partial charge in [-0.25, -0.2) is 0 Å². The topological polar surface area (TPSA) is 78.9 Å². The van der Waals surface area contributed by atoms with Crippen LogP contribution in [0.5, 0.6) is 0 Å². The molecule has 478 valence electrons. The SMILES string of the molecule is CC/C=C\C/C=C\C/C=C\C/C=C\C/C=C\CCCCCCCCCCCC(=O)OCC(COC(=O)CCCCCCCCCCCCCCCC)OC(=O)CCCCCCCCCCCCCCCCCCCCCCCCCCC. The number of ether oxygens (including phenoxy) is 3. The van der Waals surface area contributed by atoms with Crippen molar-refractivity contribution in [3.05, 3.63) is 60.8 Å². The summed E-state index contributed by atoms with van der Waals surface area (Å²) in [7, 11) is 0. The maximum absolute atomic E-state index is 13.0. The van der Waals surface area contributed by atoms with E-state index in [1.807, 2.05) is 0 Å². The van der Waals surface area contributed by atoms with Crippen molar-refractivity contribution in [2.45, 2.75) is 393 Å². The van der Waals surface area contributed by atoms with Gasteiger partial charge in [-0.1, -0.05) is 364 Å². The maximum Gasteiger partial charge on any atom is 0.306 e. The van der Waals surface area contributed by atoms with Crippen LogP contribution in [0.2, 0.25) is 0 Å². The molecule has 0 saturated heterocycles. The van der Waals surface area contributed by atoms with Crippen LogP contribution in [0.3, 0.4) is 0 Å². The lowest BCUT2D eigenvalue weighted by Crippen LogP contribution is -2.30. The highest BCUT2D eigenvalue weighted by Crippen LogP contribution is 2.19. The van der Waals surface area contributed by atoms with E-state index in [9.17, 15) is 14.4 Å². The summed E-state index contributed by atoms with van der Waals surface area (Å²) in [5.74, 6) is -0.848. The van der Waals surface area contributed by atoms with Crippen LogP contribution in [0.4, 0.5) is 0 Å². The average molecular weight is 1150 g/mol. The summed E-state index contributed by atoms with van der Waals surface area (Å²) >= 11 is 0. The monoisotopic (exact) mass is 1150 g/mol. The highest BCUT2D eigenvalue weighted by atomic mass is 16.6. The lowest BCUT2D eigenvalue weighted by Gasteiger charge is -2.18. The Morgan fingerprint density at radius 1 is 0.256 bits per heavy atom. The maximum atomic E-state index is 13.0. The lowest BCUT2D eigenvalue weighted by atomic mass is 10.0. The molecular weight excluding hydrogens is 1010 g/mol. The summed E-state index contributed by atoms with van der Waals surface area (Å²) in [6.45, 7) is 6.60. The molecule has 0 radical (unpaired) electrons. The Balaban J connectivity index is 4.27. The zero-order valence-corrected chi connectivity index (χ0v) is 55.0. The third-order valence-corrected chi connectivity index (χ3v) is 16.3. The van der Waals surface area contributed by atoms with Crippen molar-refractivity contribution < 1.29 is 28.6 Å². The molecular formula is C76H138O6. The van der Waals surface area contributed by atoms with Gasteiger partial charge in [-0.2, -0.15) is 0 Å². The Morgan fingerprint density at radius 2 is 0.476 bits per heavy atom. The Bertz CT molecular complexity index is 1460. The van der Waals surface area contributed by atoms with Crippen LogP contribution in [-0.2, 0) is 28.6 Å². The van der Waals surface area contributed by atoms with Gasteiger partial charge in [-0.05, 0) is 64.2 Å². The van der Waals surface area contributed by atoms with Gasteiger partial charge in [-0.3, -0.25) is 14.4 Å². The molecule has 0 aliphatic rings. The van der Waals surface area contributed by atoms with Crippen molar-refractivity contribution in [3.63, 3.8) is 0 Å². The lowest BCUT2D eigenvalue weighted by molar-refractivity contribution is -0.167. The normalized spacial score (nSPS) is 12.4. The second kappa shape index (κ2) is 70.6. The number of rotatable bonds is 67. The van der Waals surface area contributed by atoms with Crippen LogP contribution in [0.25, 0.3) is 0 Å². The number of allylic oxidation sites excluding steroid dienone is 10. The molecule has 0 aromatic carbocycles. The molecule has 0 aliphatic heterocycles. The van der Waals surface area contributed by atoms with Gasteiger partial charge in [0.1, 0.15) is 13.2 Å². The van der Waals surface area contributed by atoms with Crippen molar-refractivity contribution in [1.82, 2.24) is 0 Å². The van der Waals surface area contributed by atoms with Crippen LogP contribution in [0, 0.1) is 0 Å². The van der Waals surface area contributed by atoms with Gasteiger partial charge in [0.2, 0.25) is 0 Å². The number of carbonyl (C=O) groups is 3. The van der Waals surface area contributed by atoms with E-state index in [4.69, 9.17) is 14.2 Å². The van der Waals surface area contributed by atoms with E-state index in [2.05, 4.69) is 81.5 Å². The van der Waals surface area contributed by atoms with E-state index in [1.165, 1.54) is 250 Å². The van der Waals surface area contributed by atoms with Gasteiger partial charge < -0.3 is 14.2 Å². The van der Waals surface area contributed by atoms with Crippen molar-refractivity contribution >= 4 is 17.9 Å². The smallest absolute Gasteiger partial charge is 0.306 e. The van der Waals surface area contributed by atoms with E-state index in [0.29, 0.717) is 19.3 Å². The van der Waals surface area contributed by atoms with Gasteiger partial charge >= 0.3 is 17.9 Å². The molecule has 0 fully saturated rings. The molecule has 0 spiro atoms.